The molecule has 1 amide bonds. The van der Waals surface area contributed by atoms with Crippen LogP contribution in [0.4, 0.5) is 0 Å². The van der Waals surface area contributed by atoms with Crippen LogP contribution in [-0.2, 0) is 11.4 Å². The summed E-state index contributed by atoms with van der Waals surface area (Å²) in [6.07, 6.45) is 1.71. The Bertz CT molecular complexity index is 929. The third-order valence-corrected chi connectivity index (χ3v) is 4.92. The van der Waals surface area contributed by atoms with Crippen molar-refractivity contribution in [1.82, 2.24) is 0 Å². The van der Waals surface area contributed by atoms with E-state index in [4.69, 9.17) is 38.4 Å². The number of carbonyl (C=O) groups excluding carboxylic acids is 1. The Labute approximate surface area is 164 Å². The number of rotatable bonds is 5. The summed E-state index contributed by atoms with van der Waals surface area (Å²) in [6.45, 7) is 0.246. The van der Waals surface area contributed by atoms with Gasteiger partial charge in [0.25, 0.3) is 5.91 Å². The molecule has 8 heteroatoms. The molecule has 0 aromatic heterocycles. The molecule has 0 unspecified atom stereocenters. The number of thioether (sulfide) groups is 1. The zero-order valence-corrected chi connectivity index (χ0v) is 16.0. The van der Waals surface area contributed by atoms with Gasteiger partial charge in [0.2, 0.25) is 0 Å². The van der Waals surface area contributed by atoms with Crippen LogP contribution in [0.1, 0.15) is 11.1 Å². The predicted molar refractivity (Wildman–Crippen MR) is 106 cm³/mol. The molecule has 1 heterocycles. The van der Waals surface area contributed by atoms with Gasteiger partial charge in [0.05, 0.1) is 12.0 Å². The van der Waals surface area contributed by atoms with Crippen molar-refractivity contribution < 1.29 is 14.3 Å². The fourth-order valence-corrected chi connectivity index (χ4v) is 3.41. The Morgan fingerprint density at radius 3 is 2.65 bits per heavy atom. The summed E-state index contributed by atoms with van der Waals surface area (Å²) in [4.78, 5) is 15.9. The Balaban J connectivity index is 1.82. The number of nitrogens with zero attached hydrogens (tertiary/aromatic N) is 1. The monoisotopic (exact) mass is 408 g/mol. The van der Waals surface area contributed by atoms with Crippen molar-refractivity contribution in [2.45, 2.75) is 6.61 Å². The molecular formula is C18H14Cl2N2O3S. The van der Waals surface area contributed by atoms with Gasteiger partial charge in [-0.3, -0.25) is 4.79 Å². The van der Waals surface area contributed by atoms with E-state index in [2.05, 4.69) is 4.99 Å². The highest BCUT2D eigenvalue weighted by Crippen LogP contribution is 2.33. The van der Waals surface area contributed by atoms with Gasteiger partial charge in [-0.25, -0.2) is 0 Å². The number of aliphatic imine (C=N–C) groups is 1. The summed E-state index contributed by atoms with van der Waals surface area (Å²) in [7, 11) is 1.56. The molecular weight excluding hydrogens is 395 g/mol. The average Bonchev–Trinajstić information content (AvgIpc) is 2.91. The topological polar surface area (TPSA) is 73.9 Å². The summed E-state index contributed by atoms with van der Waals surface area (Å²) in [5.74, 6) is 0.745. The van der Waals surface area contributed by atoms with Crippen LogP contribution < -0.4 is 15.2 Å². The van der Waals surface area contributed by atoms with E-state index < -0.39 is 0 Å². The van der Waals surface area contributed by atoms with Gasteiger partial charge in [-0.2, -0.15) is 4.99 Å². The minimum absolute atomic E-state index is 0.239. The Kier molecular flexibility index (Phi) is 5.76. The van der Waals surface area contributed by atoms with E-state index in [0.29, 0.717) is 26.4 Å². The lowest BCUT2D eigenvalue weighted by atomic mass is 10.2. The van der Waals surface area contributed by atoms with E-state index >= 15 is 0 Å². The molecule has 0 aliphatic carbocycles. The maximum absolute atomic E-state index is 11.7. The molecule has 1 aliphatic heterocycles. The lowest BCUT2D eigenvalue weighted by Gasteiger charge is -2.12. The van der Waals surface area contributed by atoms with Gasteiger partial charge in [-0.05, 0) is 47.7 Å². The molecule has 1 aliphatic rings. The van der Waals surface area contributed by atoms with Crippen LogP contribution in [0.3, 0.4) is 0 Å². The van der Waals surface area contributed by atoms with Crippen molar-refractivity contribution in [3.8, 4) is 11.5 Å². The number of ether oxygens (including phenoxy) is 2. The highest BCUT2D eigenvalue weighted by Gasteiger charge is 2.19. The molecule has 0 atom stereocenters. The molecule has 2 N–H and O–H groups in total. The van der Waals surface area contributed by atoms with Crippen LogP contribution in [0.5, 0.6) is 11.5 Å². The van der Waals surface area contributed by atoms with Gasteiger partial charge in [-0.15, -0.1) is 0 Å². The molecule has 134 valence electrons. The van der Waals surface area contributed by atoms with E-state index in [-0.39, 0.29) is 17.7 Å². The number of carbonyl (C=O) groups is 1. The Morgan fingerprint density at radius 1 is 1.19 bits per heavy atom. The molecule has 0 bridgehead atoms. The summed E-state index contributed by atoms with van der Waals surface area (Å²) in [5.41, 5.74) is 7.13. The van der Waals surface area contributed by atoms with Gasteiger partial charge in [0.15, 0.2) is 16.7 Å². The number of halogens is 2. The lowest BCUT2D eigenvalue weighted by molar-refractivity contribution is -0.113. The first-order valence-electron chi connectivity index (χ1n) is 7.49. The van der Waals surface area contributed by atoms with E-state index in [0.717, 1.165) is 22.9 Å². The fraction of sp³-hybridized carbons (Fsp3) is 0.111. The fourth-order valence-electron chi connectivity index (χ4n) is 2.27. The number of nitrogens with two attached hydrogens (primary N) is 1. The molecule has 0 fully saturated rings. The van der Waals surface area contributed by atoms with Crippen LogP contribution >= 0.6 is 35.0 Å². The largest absolute Gasteiger partial charge is 0.493 e. The van der Waals surface area contributed by atoms with Gasteiger partial charge in [0.1, 0.15) is 6.61 Å². The van der Waals surface area contributed by atoms with Crippen molar-refractivity contribution in [1.29, 1.82) is 0 Å². The van der Waals surface area contributed by atoms with Gasteiger partial charge in [-0.1, -0.05) is 35.3 Å². The maximum atomic E-state index is 11.7. The van der Waals surface area contributed by atoms with Crippen LogP contribution in [0.25, 0.3) is 6.08 Å². The summed E-state index contributed by atoms with van der Waals surface area (Å²) < 4.78 is 11.2. The van der Waals surface area contributed by atoms with Gasteiger partial charge < -0.3 is 15.2 Å². The number of amidine groups is 1. The Morgan fingerprint density at radius 2 is 2.00 bits per heavy atom. The number of hydrogen-bond donors (Lipinski definition) is 1. The number of hydrogen-bond acceptors (Lipinski definition) is 5. The molecule has 0 saturated heterocycles. The minimum Gasteiger partial charge on any atom is -0.493 e. The van der Waals surface area contributed by atoms with Gasteiger partial charge in [0, 0.05) is 15.6 Å². The molecule has 0 spiro atoms. The first kappa shape index (κ1) is 18.6. The van der Waals surface area contributed by atoms with Crippen LogP contribution in [-0.4, -0.2) is 18.2 Å². The summed E-state index contributed by atoms with van der Waals surface area (Å²) >= 11 is 13.2. The van der Waals surface area contributed by atoms with E-state index in [1.807, 2.05) is 6.07 Å². The molecule has 0 radical (unpaired) electrons. The van der Waals surface area contributed by atoms with E-state index in [1.165, 1.54) is 0 Å². The number of methoxy groups -OCH3 is 1. The highest BCUT2D eigenvalue weighted by atomic mass is 35.5. The molecule has 2 aromatic carbocycles. The van der Waals surface area contributed by atoms with Crippen molar-refractivity contribution in [3.63, 3.8) is 0 Å². The standard InChI is InChI=1S/C18H14Cl2N2O3S/c1-24-14-5-2-10(7-16-17(23)22-18(21)26-16)6-15(14)25-9-11-3-4-12(19)8-13(11)20/h2-8H,9H2,1H3,(H2,21,22,23)/b16-7-. The highest BCUT2D eigenvalue weighted by molar-refractivity contribution is 8.18. The third-order valence-electron chi connectivity index (χ3n) is 3.52. The zero-order chi connectivity index (χ0) is 18.7. The van der Waals surface area contributed by atoms with Gasteiger partial charge >= 0.3 is 0 Å². The molecule has 26 heavy (non-hydrogen) atoms. The van der Waals surface area contributed by atoms with Crippen LogP contribution in [0.2, 0.25) is 10.0 Å². The number of amides is 1. The van der Waals surface area contributed by atoms with E-state index in [9.17, 15) is 4.79 Å². The number of benzene rings is 2. The molecule has 5 nitrogen and oxygen atoms in total. The second-order valence-corrected chi connectivity index (χ2v) is 7.21. The third kappa shape index (κ3) is 4.33. The van der Waals surface area contributed by atoms with Crippen LogP contribution in [0.15, 0.2) is 46.3 Å². The molecule has 0 saturated carbocycles. The SMILES string of the molecule is COc1ccc(/C=C2\SC(N)=NC2=O)cc1OCc1ccc(Cl)cc1Cl. The first-order valence-corrected chi connectivity index (χ1v) is 9.06. The van der Waals surface area contributed by atoms with Crippen molar-refractivity contribution >= 4 is 52.1 Å². The van der Waals surface area contributed by atoms with E-state index in [1.54, 1.807) is 43.5 Å². The van der Waals surface area contributed by atoms with Crippen molar-refractivity contribution in [2.75, 3.05) is 7.11 Å². The van der Waals surface area contributed by atoms with Crippen molar-refractivity contribution in [3.05, 3.63) is 62.5 Å². The minimum atomic E-state index is -0.348. The molecule has 2 aromatic rings. The normalized spacial score (nSPS) is 15.3. The average molecular weight is 409 g/mol. The predicted octanol–water partition coefficient (Wildman–Crippen LogP) is 4.51. The molecule has 3 rings (SSSR count). The summed E-state index contributed by atoms with van der Waals surface area (Å²) in [5, 5.41) is 1.32. The second-order valence-electron chi connectivity index (χ2n) is 5.30. The smallest absolute Gasteiger partial charge is 0.286 e. The van der Waals surface area contributed by atoms with Crippen molar-refractivity contribution in [2.24, 2.45) is 10.7 Å². The second kappa shape index (κ2) is 8.03. The van der Waals surface area contributed by atoms with Crippen LogP contribution in [0, 0.1) is 0 Å². The first-order chi connectivity index (χ1) is 12.5. The lowest BCUT2D eigenvalue weighted by Crippen LogP contribution is -2.01. The zero-order valence-electron chi connectivity index (χ0n) is 13.7. The Hall–Kier alpha value is -2.15. The maximum Gasteiger partial charge on any atom is 0.286 e. The quantitative estimate of drug-likeness (QED) is 0.736. The summed E-state index contributed by atoms with van der Waals surface area (Å²) in [6, 6.07) is 10.6.